The van der Waals surface area contributed by atoms with E-state index in [4.69, 9.17) is 11.6 Å². The van der Waals surface area contributed by atoms with E-state index >= 15 is 0 Å². The molecule has 14 heavy (non-hydrogen) atoms. The second-order valence-electron chi connectivity index (χ2n) is 2.97. The van der Waals surface area contributed by atoms with Crippen LogP contribution in [0.15, 0.2) is 30.9 Å². The van der Waals surface area contributed by atoms with Crippen LogP contribution < -0.4 is 0 Å². The molecule has 72 valence electrons. The van der Waals surface area contributed by atoms with Gasteiger partial charge in [0.05, 0.1) is 5.69 Å². The zero-order valence-corrected chi connectivity index (χ0v) is 8.57. The molecular weight excluding hydrogens is 198 g/mol. The molecule has 1 aromatic heterocycles. The molecule has 0 atom stereocenters. The van der Waals surface area contributed by atoms with Crippen molar-refractivity contribution in [2.75, 3.05) is 0 Å². The van der Waals surface area contributed by atoms with E-state index in [-0.39, 0.29) is 0 Å². The van der Waals surface area contributed by atoms with Crippen LogP contribution in [0.5, 0.6) is 0 Å². The smallest absolute Gasteiger partial charge is 0.138 e. The first-order chi connectivity index (χ1) is 6.81. The van der Waals surface area contributed by atoms with Gasteiger partial charge in [-0.25, -0.2) is 9.67 Å². The Bertz CT molecular complexity index is 423. The van der Waals surface area contributed by atoms with Crippen LogP contribution in [0.1, 0.15) is 12.5 Å². The summed E-state index contributed by atoms with van der Waals surface area (Å²) in [4.78, 5) is 3.88. The van der Waals surface area contributed by atoms with E-state index in [2.05, 4.69) is 17.0 Å². The monoisotopic (exact) mass is 207 g/mol. The summed E-state index contributed by atoms with van der Waals surface area (Å²) in [6, 6.07) is 5.90. The van der Waals surface area contributed by atoms with Gasteiger partial charge in [-0.1, -0.05) is 24.6 Å². The Morgan fingerprint density at radius 3 is 2.86 bits per heavy atom. The lowest BCUT2D eigenvalue weighted by Gasteiger charge is -2.04. The summed E-state index contributed by atoms with van der Waals surface area (Å²) >= 11 is 6.08. The van der Waals surface area contributed by atoms with Crippen molar-refractivity contribution in [3.05, 3.63) is 41.4 Å². The average Bonchev–Trinajstić information content (AvgIpc) is 2.70. The Morgan fingerprint density at radius 1 is 1.43 bits per heavy atom. The SMILES string of the molecule is CCc1ccc(-n2cncn2)cc1Cl. The Morgan fingerprint density at radius 2 is 2.29 bits per heavy atom. The molecule has 0 fully saturated rings. The first-order valence-electron chi connectivity index (χ1n) is 4.44. The van der Waals surface area contributed by atoms with E-state index < -0.39 is 0 Å². The maximum Gasteiger partial charge on any atom is 0.138 e. The molecule has 3 nitrogen and oxygen atoms in total. The molecule has 2 aromatic rings. The molecule has 0 unspecified atom stereocenters. The topological polar surface area (TPSA) is 30.7 Å². The lowest BCUT2D eigenvalue weighted by atomic mass is 10.1. The second kappa shape index (κ2) is 3.80. The van der Waals surface area contributed by atoms with Gasteiger partial charge in [0.25, 0.3) is 0 Å². The first-order valence-corrected chi connectivity index (χ1v) is 4.82. The third kappa shape index (κ3) is 1.63. The Kier molecular flexibility index (Phi) is 2.50. The van der Waals surface area contributed by atoms with Crippen LogP contribution >= 0.6 is 11.6 Å². The maximum absolute atomic E-state index is 6.08. The molecule has 1 aromatic carbocycles. The lowest BCUT2D eigenvalue weighted by molar-refractivity contribution is 0.877. The number of aromatic nitrogens is 3. The summed E-state index contributed by atoms with van der Waals surface area (Å²) in [5.41, 5.74) is 2.08. The number of benzene rings is 1. The van der Waals surface area contributed by atoms with Gasteiger partial charge in [-0.3, -0.25) is 0 Å². The van der Waals surface area contributed by atoms with Crippen LogP contribution in [0.4, 0.5) is 0 Å². The minimum absolute atomic E-state index is 0.778. The zero-order valence-electron chi connectivity index (χ0n) is 7.81. The van der Waals surface area contributed by atoms with Crippen LogP contribution in [-0.2, 0) is 6.42 Å². The molecule has 4 heteroatoms. The molecule has 0 saturated heterocycles. The minimum atomic E-state index is 0.778. The van der Waals surface area contributed by atoms with Crippen LogP contribution in [0.3, 0.4) is 0 Å². The molecule has 0 aliphatic heterocycles. The van der Waals surface area contributed by atoms with E-state index in [0.717, 1.165) is 22.7 Å². The predicted octanol–water partition coefficient (Wildman–Crippen LogP) is 2.48. The van der Waals surface area contributed by atoms with Gasteiger partial charge in [-0.05, 0) is 24.1 Å². The molecule has 0 aliphatic rings. The van der Waals surface area contributed by atoms with Crippen LogP contribution in [-0.4, -0.2) is 14.8 Å². The van der Waals surface area contributed by atoms with Gasteiger partial charge >= 0.3 is 0 Å². The van der Waals surface area contributed by atoms with E-state index in [1.165, 1.54) is 6.33 Å². The fraction of sp³-hybridized carbons (Fsp3) is 0.200. The van der Waals surface area contributed by atoms with Crippen LogP contribution in [0.2, 0.25) is 5.02 Å². The summed E-state index contributed by atoms with van der Waals surface area (Å²) in [7, 11) is 0. The third-order valence-corrected chi connectivity index (χ3v) is 2.45. The van der Waals surface area contributed by atoms with Gasteiger partial charge in [0.15, 0.2) is 0 Å². The molecular formula is C10H10ClN3. The van der Waals surface area contributed by atoms with Crippen molar-refractivity contribution in [3.8, 4) is 5.69 Å². The lowest BCUT2D eigenvalue weighted by Crippen LogP contribution is -1.95. The van der Waals surface area contributed by atoms with E-state index in [1.807, 2.05) is 18.2 Å². The highest BCUT2D eigenvalue weighted by Crippen LogP contribution is 2.19. The molecule has 0 radical (unpaired) electrons. The predicted molar refractivity (Wildman–Crippen MR) is 55.7 cm³/mol. The zero-order chi connectivity index (χ0) is 9.97. The Labute approximate surface area is 87.3 Å². The van der Waals surface area contributed by atoms with Crippen LogP contribution in [0.25, 0.3) is 5.69 Å². The highest BCUT2D eigenvalue weighted by atomic mass is 35.5. The molecule has 2 rings (SSSR count). The molecule has 1 heterocycles. The summed E-state index contributed by atoms with van der Waals surface area (Å²) in [5, 5.41) is 4.81. The van der Waals surface area contributed by atoms with Crippen molar-refractivity contribution < 1.29 is 0 Å². The average molecular weight is 208 g/mol. The van der Waals surface area contributed by atoms with Gasteiger partial charge in [-0.2, -0.15) is 5.10 Å². The number of hydrogen-bond donors (Lipinski definition) is 0. The standard InChI is InChI=1S/C10H10ClN3/c1-2-8-3-4-9(5-10(8)11)14-7-12-6-13-14/h3-7H,2H2,1H3. The number of aryl methyl sites for hydroxylation is 1. The highest BCUT2D eigenvalue weighted by molar-refractivity contribution is 6.31. The van der Waals surface area contributed by atoms with Gasteiger partial charge in [0, 0.05) is 5.02 Å². The summed E-state index contributed by atoms with van der Waals surface area (Å²) in [5.74, 6) is 0. The molecule has 0 bridgehead atoms. The quantitative estimate of drug-likeness (QED) is 0.758. The van der Waals surface area contributed by atoms with Crippen molar-refractivity contribution in [2.45, 2.75) is 13.3 Å². The largest absolute Gasteiger partial charge is 0.223 e. The second-order valence-corrected chi connectivity index (χ2v) is 3.38. The maximum atomic E-state index is 6.08. The third-order valence-electron chi connectivity index (χ3n) is 2.10. The van der Waals surface area contributed by atoms with Gasteiger partial charge < -0.3 is 0 Å². The number of halogens is 1. The van der Waals surface area contributed by atoms with E-state index in [9.17, 15) is 0 Å². The number of rotatable bonds is 2. The summed E-state index contributed by atoms with van der Waals surface area (Å²) < 4.78 is 1.69. The van der Waals surface area contributed by atoms with Gasteiger partial charge in [-0.15, -0.1) is 0 Å². The molecule has 0 aliphatic carbocycles. The Hall–Kier alpha value is -1.35. The van der Waals surface area contributed by atoms with Gasteiger partial charge in [0.1, 0.15) is 12.7 Å². The molecule has 0 N–H and O–H groups in total. The van der Waals surface area contributed by atoms with Crippen molar-refractivity contribution in [1.29, 1.82) is 0 Å². The van der Waals surface area contributed by atoms with Crippen molar-refractivity contribution >= 4 is 11.6 Å². The fourth-order valence-corrected chi connectivity index (χ4v) is 1.62. The minimum Gasteiger partial charge on any atom is -0.223 e. The molecule has 0 spiro atoms. The van der Waals surface area contributed by atoms with Crippen LogP contribution in [0, 0.1) is 0 Å². The first kappa shape index (κ1) is 9.21. The Balaban J connectivity index is 2.43. The highest BCUT2D eigenvalue weighted by Gasteiger charge is 2.01. The fourth-order valence-electron chi connectivity index (χ4n) is 1.31. The van der Waals surface area contributed by atoms with Crippen molar-refractivity contribution in [3.63, 3.8) is 0 Å². The summed E-state index contributed by atoms with van der Waals surface area (Å²) in [6.07, 6.45) is 4.09. The van der Waals surface area contributed by atoms with E-state index in [1.54, 1.807) is 11.0 Å². The number of hydrogen-bond acceptors (Lipinski definition) is 2. The molecule has 0 saturated carbocycles. The van der Waals surface area contributed by atoms with E-state index in [0.29, 0.717) is 0 Å². The normalized spacial score (nSPS) is 10.4. The van der Waals surface area contributed by atoms with Crippen molar-refractivity contribution in [2.24, 2.45) is 0 Å². The van der Waals surface area contributed by atoms with Gasteiger partial charge in [0.2, 0.25) is 0 Å². The summed E-state index contributed by atoms with van der Waals surface area (Å²) in [6.45, 7) is 2.08. The van der Waals surface area contributed by atoms with Crippen molar-refractivity contribution in [1.82, 2.24) is 14.8 Å². The molecule has 0 amide bonds. The number of nitrogens with zero attached hydrogens (tertiary/aromatic N) is 3.